The summed E-state index contributed by atoms with van der Waals surface area (Å²) in [6.45, 7) is 0. The topological polar surface area (TPSA) is 120 Å². The minimum absolute atomic E-state index is 0.152. The lowest BCUT2D eigenvalue weighted by Gasteiger charge is -1.98. The third-order valence-electron chi connectivity index (χ3n) is 1.44. The summed E-state index contributed by atoms with van der Waals surface area (Å²) in [5, 5.41) is 16.8. The van der Waals surface area contributed by atoms with Crippen molar-refractivity contribution in [1.82, 2.24) is 25.0 Å². The van der Waals surface area contributed by atoms with Crippen LogP contribution in [0.3, 0.4) is 0 Å². The zero-order valence-corrected chi connectivity index (χ0v) is 8.10. The second kappa shape index (κ2) is 3.92. The average molecular weight is 223 g/mol. The van der Waals surface area contributed by atoms with Gasteiger partial charge >= 0.3 is 0 Å². The zero-order chi connectivity index (χ0) is 10.7. The fraction of sp³-hybridized carbons (Fsp3) is 0. The second-order valence-electron chi connectivity index (χ2n) is 2.47. The molecule has 0 spiro atoms. The number of hydrogen-bond acceptors (Lipinski definition) is 8. The Balaban J connectivity index is 2.11. The predicted octanol–water partition coefficient (Wildman–Crippen LogP) is -0.442. The van der Waals surface area contributed by atoms with Crippen LogP contribution in [-0.4, -0.2) is 30.9 Å². The molecule has 1 amide bonds. The lowest BCUT2D eigenvalue weighted by atomic mass is 10.3. The SMILES string of the molecule is Nc1ccc(C(=O)Nc2nnns2)nn1. The van der Waals surface area contributed by atoms with Crippen molar-refractivity contribution in [3.8, 4) is 0 Å². The number of rotatable bonds is 2. The molecule has 0 fully saturated rings. The highest BCUT2D eigenvalue weighted by Gasteiger charge is 2.09. The molecule has 0 saturated heterocycles. The van der Waals surface area contributed by atoms with E-state index in [0.29, 0.717) is 5.13 Å². The van der Waals surface area contributed by atoms with Gasteiger partial charge in [-0.05, 0) is 17.3 Å². The van der Waals surface area contributed by atoms with Crippen molar-refractivity contribution < 1.29 is 4.79 Å². The number of nitrogens with zero attached hydrogens (tertiary/aromatic N) is 5. The molecule has 0 aliphatic rings. The van der Waals surface area contributed by atoms with Gasteiger partial charge in [0.15, 0.2) is 5.69 Å². The lowest BCUT2D eigenvalue weighted by molar-refractivity contribution is 0.102. The lowest BCUT2D eigenvalue weighted by Crippen LogP contribution is -2.14. The smallest absolute Gasteiger partial charge is 0.278 e. The highest BCUT2D eigenvalue weighted by atomic mass is 32.1. The fourth-order valence-electron chi connectivity index (χ4n) is 0.807. The first kappa shape index (κ1) is 9.40. The standard InChI is InChI=1S/C6H5N7OS/c7-4-2-1-3(9-10-4)5(14)8-6-11-12-13-15-6/h1-2H,(H2,7,10)(H,8,11,13,14). The molecule has 2 aromatic rings. The van der Waals surface area contributed by atoms with Crippen molar-refractivity contribution in [3.05, 3.63) is 17.8 Å². The first-order valence-corrected chi connectivity index (χ1v) is 4.58. The zero-order valence-electron chi connectivity index (χ0n) is 7.28. The number of aromatic nitrogens is 5. The Bertz CT molecular complexity index is 453. The minimum atomic E-state index is -0.430. The van der Waals surface area contributed by atoms with Gasteiger partial charge in [-0.15, -0.1) is 10.2 Å². The van der Waals surface area contributed by atoms with Crippen molar-refractivity contribution in [1.29, 1.82) is 0 Å². The van der Waals surface area contributed by atoms with E-state index in [1.165, 1.54) is 12.1 Å². The maximum atomic E-state index is 11.5. The van der Waals surface area contributed by atoms with E-state index in [9.17, 15) is 4.79 Å². The predicted molar refractivity (Wildman–Crippen MR) is 52.1 cm³/mol. The van der Waals surface area contributed by atoms with E-state index in [1.54, 1.807) is 0 Å². The first-order valence-electron chi connectivity index (χ1n) is 3.81. The van der Waals surface area contributed by atoms with Gasteiger partial charge in [0, 0.05) is 11.5 Å². The molecule has 76 valence electrons. The maximum absolute atomic E-state index is 11.5. The van der Waals surface area contributed by atoms with Crippen molar-refractivity contribution in [2.75, 3.05) is 11.1 Å². The summed E-state index contributed by atoms with van der Waals surface area (Å²) < 4.78 is 3.49. The van der Waals surface area contributed by atoms with E-state index in [0.717, 1.165) is 11.5 Å². The van der Waals surface area contributed by atoms with E-state index in [4.69, 9.17) is 5.73 Å². The Hall–Kier alpha value is -2.16. The van der Waals surface area contributed by atoms with E-state index >= 15 is 0 Å². The van der Waals surface area contributed by atoms with Gasteiger partial charge in [0.05, 0.1) is 0 Å². The molecule has 0 aliphatic heterocycles. The van der Waals surface area contributed by atoms with Gasteiger partial charge in [0.25, 0.3) is 5.91 Å². The summed E-state index contributed by atoms with van der Waals surface area (Å²) in [6.07, 6.45) is 0. The van der Waals surface area contributed by atoms with Gasteiger partial charge in [-0.1, -0.05) is 9.59 Å². The molecule has 0 aliphatic carbocycles. The monoisotopic (exact) mass is 223 g/mol. The van der Waals surface area contributed by atoms with Crippen LogP contribution < -0.4 is 11.1 Å². The van der Waals surface area contributed by atoms with E-state index in [1.807, 2.05) is 0 Å². The molecule has 0 radical (unpaired) electrons. The van der Waals surface area contributed by atoms with Crippen LogP contribution in [0.25, 0.3) is 0 Å². The van der Waals surface area contributed by atoms with E-state index < -0.39 is 5.91 Å². The van der Waals surface area contributed by atoms with Crippen LogP contribution >= 0.6 is 11.5 Å². The van der Waals surface area contributed by atoms with Gasteiger partial charge in [0.2, 0.25) is 5.13 Å². The second-order valence-corrected chi connectivity index (χ2v) is 3.20. The quantitative estimate of drug-likeness (QED) is 0.707. The van der Waals surface area contributed by atoms with E-state index in [-0.39, 0.29) is 11.5 Å². The van der Waals surface area contributed by atoms with Crippen molar-refractivity contribution >= 4 is 28.4 Å². The van der Waals surface area contributed by atoms with Gasteiger partial charge in [0.1, 0.15) is 5.82 Å². The van der Waals surface area contributed by atoms with Crippen LogP contribution in [0.1, 0.15) is 10.5 Å². The summed E-state index contributed by atoms with van der Waals surface area (Å²) in [5.41, 5.74) is 5.48. The summed E-state index contributed by atoms with van der Waals surface area (Å²) in [7, 11) is 0. The number of anilines is 2. The minimum Gasteiger partial charge on any atom is -0.382 e. The Labute approximate surface area is 87.7 Å². The number of amides is 1. The van der Waals surface area contributed by atoms with Gasteiger partial charge in [-0.2, -0.15) is 0 Å². The largest absolute Gasteiger partial charge is 0.382 e. The Morgan fingerprint density at radius 2 is 2.20 bits per heavy atom. The van der Waals surface area contributed by atoms with Crippen LogP contribution in [0.15, 0.2) is 12.1 Å². The summed E-state index contributed by atoms with van der Waals surface area (Å²) >= 11 is 0.972. The molecule has 0 saturated carbocycles. The number of nitrogens with two attached hydrogens (primary N) is 1. The molecule has 2 aromatic heterocycles. The number of nitrogens with one attached hydrogen (secondary N) is 1. The fourth-order valence-corrected chi connectivity index (χ4v) is 1.17. The van der Waals surface area contributed by atoms with Crippen LogP contribution in [0.2, 0.25) is 0 Å². The molecule has 0 aromatic carbocycles. The highest BCUT2D eigenvalue weighted by Crippen LogP contribution is 2.06. The molecular formula is C6H5N7OS. The molecule has 2 heterocycles. The summed E-state index contributed by atoms with van der Waals surface area (Å²) in [4.78, 5) is 11.5. The number of nitrogen functional groups attached to an aromatic ring is 1. The van der Waals surface area contributed by atoms with Crippen molar-refractivity contribution in [2.45, 2.75) is 0 Å². The Morgan fingerprint density at radius 1 is 1.33 bits per heavy atom. The average Bonchev–Trinajstić information content (AvgIpc) is 2.71. The molecule has 0 atom stereocenters. The molecule has 8 nitrogen and oxygen atoms in total. The summed E-state index contributed by atoms with van der Waals surface area (Å²) in [5.74, 6) is -0.176. The summed E-state index contributed by atoms with van der Waals surface area (Å²) in [6, 6.07) is 2.95. The van der Waals surface area contributed by atoms with Gasteiger partial charge < -0.3 is 5.73 Å². The highest BCUT2D eigenvalue weighted by molar-refractivity contribution is 7.09. The molecule has 3 N–H and O–H groups in total. The molecule has 9 heteroatoms. The van der Waals surface area contributed by atoms with Crippen LogP contribution in [-0.2, 0) is 0 Å². The van der Waals surface area contributed by atoms with Crippen molar-refractivity contribution in [3.63, 3.8) is 0 Å². The number of carbonyl (C=O) groups excluding carboxylic acids is 1. The van der Waals surface area contributed by atoms with Crippen molar-refractivity contribution in [2.24, 2.45) is 0 Å². The van der Waals surface area contributed by atoms with Crippen LogP contribution in [0.4, 0.5) is 10.9 Å². The maximum Gasteiger partial charge on any atom is 0.278 e. The third kappa shape index (κ3) is 2.20. The normalized spacial score (nSPS) is 9.87. The number of hydrogen-bond donors (Lipinski definition) is 2. The van der Waals surface area contributed by atoms with E-state index in [2.05, 4.69) is 30.3 Å². The van der Waals surface area contributed by atoms with Crippen LogP contribution in [0.5, 0.6) is 0 Å². The number of carbonyl (C=O) groups is 1. The molecule has 0 bridgehead atoms. The molecule has 2 rings (SSSR count). The van der Waals surface area contributed by atoms with Gasteiger partial charge in [-0.25, -0.2) is 0 Å². The molecular weight excluding hydrogens is 218 g/mol. The molecule has 15 heavy (non-hydrogen) atoms. The third-order valence-corrected chi connectivity index (χ3v) is 1.95. The molecule has 0 unspecified atom stereocenters. The van der Waals surface area contributed by atoms with Gasteiger partial charge in [-0.3, -0.25) is 10.1 Å². The van der Waals surface area contributed by atoms with Crippen LogP contribution in [0, 0.1) is 0 Å². The Kier molecular flexibility index (Phi) is 2.46. The first-order chi connectivity index (χ1) is 7.25. The Morgan fingerprint density at radius 3 is 2.80 bits per heavy atom.